The molecule has 1 aromatic rings. The number of amides is 1. The molecule has 88 valence electrons. The van der Waals surface area contributed by atoms with Crippen molar-refractivity contribution < 1.29 is 9.90 Å². The van der Waals surface area contributed by atoms with Crippen LogP contribution in [0.4, 0.5) is 0 Å². The molecule has 1 aromatic carbocycles. The van der Waals surface area contributed by atoms with Gasteiger partial charge in [0.1, 0.15) is 6.61 Å². The van der Waals surface area contributed by atoms with Crippen molar-refractivity contribution >= 4 is 17.7 Å². The van der Waals surface area contributed by atoms with Crippen LogP contribution in [0.3, 0.4) is 0 Å². The number of carbonyl (C=O) groups excluding carboxylic acids is 1. The van der Waals surface area contributed by atoms with Gasteiger partial charge in [0.15, 0.2) is 0 Å². The number of carbonyl (C=O) groups is 1. The first-order valence-corrected chi connectivity index (χ1v) is 6.22. The lowest BCUT2D eigenvalue weighted by Gasteiger charge is -2.15. The second-order valence-corrected chi connectivity index (χ2v) is 4.82. The highest BCUT2D eigenvalue weighted by atomic mass is 32.2. The second-order valence-electron chi connectivity index (χ2n) is 3.48. The molecule has 3 nitrogen and oxygen atoms in total. The van der Waals surface area contributed by atoms with Gasteiger partial charge < -0.3 is 10.0 Å². The van der Waals surface area contributed by atoms with E-state index in [0.29, 0.717) is 6.54 Å². The number of hydrogen-bond donors (Lipinski definition) is 1. The number of hydrogen-bond acceptors (Lipinski definition) is 3. The fraction of sp³-hybridized carbons (Fsp3) is 0.417. The van der Waals surface area contributed by atoms with Gasteiger partial charge in [0.05, 0.1) is 0 Å². The summed E-state index contributed by atoms with van der Waals surface area (Å²) in [7, 11) is 1.69. The maximum Gasteiger partial charge on any atom is 0.248 e. The number of aliphatic hydroxyl groups is 1. The zero-order valence-electron chi connectivity index (χ0n) is 9.64. The molecule has 4 heteroatoms. The van der Waals surface area contributed by atoms with Crippen molar-refractivity contribution in [3.63, 3.8) is 0 Å². The van der Waals surface area contributed by atoms with Crippen LogP contribution >= 0.6 is 11.8 Å². The van der Waals surface area contributed by atoms with Crippen molar-refractivity contribution in [2.75, 3.05) is 19.4 Å². The molecule has 0 aliphatic heterocycles. The van der Waals surface area contributed by atoms with Crippen molar-refractivity contribution in [2.24, 2.45) is 0 Å². The zero-order valence-corrected chi connectivity index (χ0v) is 10.5. The van der Waals surface area contributed by atoms with Gasteiger partial charge in [-0.1, -0.05) is 19.1 Å². The molecular weight excluding hydrogens is 222 g/mol. The summed E-state index contributed by atoms with van der Waals surface area (Å²) in [6.07, 6.45) is 0. The van der Waals surface area contributed by atoms with Crippen LogP contribution in [0.5, 0.6) is 0 Å². The predicted molar refractivity (Wildman–Crippen MR) is 66.4 cm³/mol. The molecule has 0 saturated carbocycles. The van der Waals surface area contributed by atoms with Gasteiger partial charge in [-0.25, -0.2) is 0 Å². The third-order valence-corrected chi connectivity index (χ3v) is 3.11. The Labute approximate surface area is 100 Å². The Balaban J connectivity index is 2.58. The van der Waals surface area contributed by atoms with Crippen molar-refractivity contribution in [2.45, 2.75) is 18.4 Å². The first-order valence-electron chi connectivity index (χ1n) is 5.24. The van der Waals surface area contributed by atoms with Crippen LogP contribution in [0.2, 0.25) is 0 Å². The van der Waals surface area contributed by atoms with E-state index in [-0.39, 0.29) is 5.91 Å². The van der Waals surface area contributed by atoms with E-state index >= 15 is 0 Å². The van der Waals surface area contributed by atoms with Crippen LogP contribution in [-0.2, 0) is 11.3 Å². The van der Waals surface area contributed by atoms with E-state index in [1.807, 2.05) is 12.1 Å². The van der Waals surface area contributed by atoms with Gasteiger partial charge in [0, 0.05) is 18.5 Å². The topological polar surface area (TPSA) is 40.5 Å². The zero-order chi connectivity index (χ0) is 12.0. The molecule has 1 amide bonds. The number of aliphatic hydroxyl groups excluding tert-OH is 1. The maximum atomic E-state index is 11.2. The lowest BCUT2D eigenvalue weighted by atomic mass is 10.2. The predicted octanol–water partition coefficient (Wildman–Crippen LogP) is 1.75. The van der Waals surface area contributed by atoms with Crippen LogP contribution in [0.15, 0.2) is 29.2 Å². The Morgan fingerprint density at radius 1 is 1.38 bits per heavy atom. The summed E-state index contributed by atoms with van der Waals surface area (Å²) in [5.74, 6) is 0.800. The van der Waals surface area contributed by atoms with E-state index in [0.717, 1.165) is 11.3 Å². The van der Waals surface area contributed by atoms with E-state index in [1.165, 1.54) is 9.80 Å². The van der Waals surface area contributed by atoms with Gasteiger partial charge in [-0.2, -0.15) is 0 Å². The summed E-state index contributed by atoms with van der Waals surface area (Å²) in [6, 6.07) is 8.14. The van der Waals surface area contributed by atoms with E-state index in [9.17, 15) is 4.79 Å². The molecule has 0 saturated heterocycles. The van der Waals surface area contributed by atoms with Crippen LogP contribution < -0.4 is 0 Å². The van der Waals surface area contributed by atoms with E-state index in [4.69, 9.17) is 5.11 Å². The Morgan fingerprint density at radius 3 is 2.50 bits per heavy atom. The third-order valence-electron chi connectivity index (χ3n) is 2.22. The van der Waals surface area contributed by atoms with E-state index < -0.39 is 6.61 Å². The highest BCUT2D eigenvalue weighted by Gasteiger charge is 2.06. The number of benzene rings is 1. The third kappa shape index (κ3) is 3.87. The molecule has 0 heterocycles. The molecule has 1 rings (SSSR count). The maximum absolute atomic E-state index is 11.2. The van der Waals surface area contributed by atoms with E-state index in [2.05, 4.69) is 19.1 Å². The molecule has 0 aliphatic rings. The van der Waals surface area contributed by atoms with E-state index in [1.54, 1.807) is 18.8 Å². The molecule has 0 unspecified atom stereocenters. The van der Waals surface area contributed by atoms with Crippen molar-refractivity contribution in [3.8, 4) is 0 Å². The number of nitrogens with zero attached hydrogens (tertiary/aromatic N) is 1. The molecule has 0 atom stereocenters. The Morgan fingerprint density at radius 2 is 2.00 bits per heavy atom. The van der Waals surface area contributed by atoms with Gasteiger partial charge in [0.2, 0.25) is 5.91 Å². The lowest BCUT2D eigenvalue weighted by molar-refractivity contribution is -0.133. The monoisotopic (exact) mass is 239 g/mol. The average molecular weight is 239 g/mol. The minimum atomic E-state index is -0.430. The summed E-state index contributed by atoms with van der Waals surface area (Å²) in [4.78, 5) is 13.9. The van der Waals surface area contributed by atoms with Gasteiger partial charge >= 0.3 is 0 Å². The minimum absolute atomic E-state index is 0.257. The Kier molecular flexibility index (Phi) is 5.35. The first kappa shape index (κ1) is 13.1. The van der Waals surface area contributed by atoms with Gasteiger partial charge in [-0.15, -0.1) is 11.8 Å². The summed E-state index contributed by atoms with van der Waals surface area (Å²) >= 11 is 1.79. The first-order chi connectivity index (χ1) is 7.67. The summed E-state index contributed by atoms with van der Waals surface area (Å²) in [6.45, 7) is 2.23. The van der Waals surface area contributed by atoms with Crippen LogP contribution in [0.1, 0.15) is 12.5 Å². The van der Waals surface area contributed by atoms with Crippen LogP contribution in [0.25, 0.3) is 0 Å². The van der Waals surface area contributed by atoms with Crippen molar-refractivity contribution in [1.82, 2.24) is 4.90 Å². The normalized spacial score (nSPS) is 10.2. The molecule has 16 heavy (non-hydrogen) atoms. The molecule has 0 bridgehead atoms. The van der Waals surface area contributed by atoms with Crippen LogP contribution in [0, 0.1) is 0 Å². The summed E-state index contributed by atoms with van der Waals surface area (Å²) < 4.78 is 0. The average Bonchev–Trinajstić information content (AvgIpc) is 2.31. The number of rotatable bonds is 5. The molecule has 0 aromatic heterocycles. The largest absolute Gasteiger partial charge is 0.387 e. The summed E-state index contributed by atoms with van der Waals surface area (Å²) in [5, 5.41) is 8.70. The highest BCUT2D eigenvalue weighted by Crippen LogP contribution is 2.18. The van der Waals surface area contributed by atoms with Gasteiger partial charge in [-0.05, 0) is 23.4 Å². The summed E-state index contributed by atoms with van der Waals surface area (Å²) in [5.41, 5.74) is 1.07. The smallest absolute Gasteiger partial charge is 0.248 e. The highest BCUT2D eigenvalue weighted by molar-refractivity contribution is 7.99. The quantitative estimate of drug-likeness (QED) is 0.796. The SMILES string of the molecule is CCSc1ccc(CN(C)C(=O)CO)cc1. The standard InChI is InChI=1S/C12H17NO2S/c1-3-16-11-6-4-10(5-7-11)8-13(2)12(15)9-14/h4-7,14H,3,8-9H2,1-2H3. The molecule has 0 spiro atoms. The van der Waals surface area contributed by atoms with Crippen molar-refractivity contribution in [1.29, 1.82) is 0 Å². The molecule has 1 N–H and O–H groups in total. The van der Waals surface area contributed by atoms with Gasteiger partial charge in [0.25, 0.3) is 0 Å². The lowest BCUT2D eigenvalue weighted by Crippen LogP contribution is -2.28. The van der Waals surface area contributed by atoms with Gasteiger partial charge in [-0.3, -0.25) is 4.79 Å². The fourth-order valence-electron chi connectivity index (χ4n) is 1.34. The molecular formula is C12H17NO2S. The van der Waals surface area contributed by atoms with Crippen LogP contribution in [-0.4, -0.2) is 35.3 Å². The number of thioether (sulfide) groups is 1. The second kappa shape index (κ2) is 6.55. The van der Waals surface area contributed by atoms with Crippen molar-refractivity contribution in [3.05, 3.63) is 29.8 Å². The Hall–Kier alpha value is -1.00. The fourth-order valence-corrected chi connectivity index (χ4v) is 2.00. The molecule has 0 aliphatic carbocycles. The number of likely N-dealkylation sites (N-methyl/N-ethyl adjacent to an activating group) is 1. The molecule has 0 radical (unpaired) electrons. The Bertz CT molecular complexity index is 337. The minimum Gasteiger partial charge on any atom is -0.387 e. The molecule has 0 fully saturated rings.